The first-order valence-corrected chi connectivity index (χ1v) is 5.60. The van der Waals surface area contributed by atoms with E-state index in [9.17, 15) is 0 Å². The Bertz CT molecular complexity index is 527. The molecule has 0 atom stereocenters. The molecule has 0 aliphatic heterocycles. The third-order valence-electron chi connectivity index (χ3n) is 2.04. The first-order valence-electron chi connectivity index (χ1n) is 4.79. The Morgan fingerprint density at radius 1 is 1.50 bits per heavy atom. The monoisotopic (exact) mass is 230 g/mol. The number of pyridine rings is 1. The summed E-state index contributed by atoms with van der Waals surface area (Å²) in [5, 5.41) is 13.1. The van der Waals surface area contributed by atoms with Crippen molar-refractivity contribution in [3.63, 3.8) is 0 Å². The van der Waals surface area contributed by atoms with Crippen LogP contribution in [0.15, 0.2) is 24.7 Å². The van der Waals surface area contributed by atoms with E-state index in [1.54, 1.807) is 29.8 Å². The van der Waals surface area contributed by atoms with E-state index in [4.69, 9.17) is 5.26 Å². The summed E-state index contributed by atoms with van der Waals surface area (Å²) >= 11 is 1.64. The lowest BCUT2D eigenvalue weighted by Crippen LogP contribution is -2.01. The minimum atomic E-state index is 0.600. The van der Waals surface area contributed by atoms with Crippen molar-refractivity contribution >= 4 is 17.0 Å². The number of aryl methyl sites for hydroxylation is 1. The molecular weight excluding hydrogens is 220 g/mol. The molecule has 0 aromatic carbocycles. The third kappa shape index (κ3) is 2.35. The maximum atomic E-state index is 8.89. The lowest BCUT2D eigenvalue weighted by Gasteiger charge is -2.04. The highest BCUT2D eigenvalue weighted by Crippen LogP contribution is 2.16. The summed E-state index contributed by atoms with van der Waals surface area (Å²) in [7, 11) is 0. The van der Waals surface area contributed by atoms with Gasteiger partial charge in [-0.1, -0.05) is 0 Å². The SMILES string of the molecule is Cc1cnc(CNc2cnccc2C#N)s1. The van der Waals surface area contributed by atoms with E-state index in [0.717, 1.165) is 10.7 Å². The molecule has 0 saturated heterocycles. The smallest absolute Gasteiger partial charge is 0.112 e. The van der Waals surface area contributed by atoms with Crippen molar-refractivity contribution in [1.82, 2.24) is 9.97 Å². The maximum Gasteiger partial charge on any atom is 0.112 e. The molecule has 4 nitrogen and oxygen atoms in total. The van der Waals surface area contributed by atoms with E-state index in [1.807, 2.05) is 13.1 Å². The molecule has 2 aromatic heterocycles. The molecule has 0 aliphatic rings. The number of nitrogens with zero attached hydrogens (tertiary/aromatic N) is 3. The number of rotatable bonds is 3. The topological polar surface area (TPSA) is 61.6 Å². The van der Waals surface area contributed by atoms with Gasteiger partial charge in [0, 0.05) is 17.3 Å². The third-order valence-corrected chi connectivity index (χ3v) is 2.95. The molecule has 80 valence electrons. The fourth-order valence-electron chi connectivity index (χ4n) is 1.29. The van der Waals surface area contributed by atoms with Crippen LogP contribution in [0, 0.1) is 18.3 Å². The van der Waals surface area contributed by atoms with Gasteiger partial charge < -0.3 is 5.32 Å². The zero-order valence-corrected chi connectivity index (χ0v) is 9.58. The van der Waals surface area contributed by atoms with Gasteiger partial charge in [0.2, 0.25) is 0 Å². The fourth-order valence-corrected chi connectivity index (χ4v) is 2.01. The summed E-state index contributed by atoms with van der Waals surface area (Å²) < 4.78 is 0. The van der Waals surface area contributed by atoms with E-state index in [0.29, 0.717) is 12.1 Å². The molecule has 2 heterocycles. The normalized spacial score (nSPS) is 9.75. The minimum absolute atomic E-state index is 0.600. The largest absolute Gasteiger partial charge is 0.376 e. The lowest BCUT2D eigenvalue weighted by atomic mass is 10.2. The summed E-state index contributed by atoms with van der Waals surface area (Å²) in [5.41, 5.74) is 1.35. The van der Waals surface area contributed by atoms with Crippen LogP contribution in [0.2, 0.25) is 0 Å². The molecule has 1 N–H and O–H groups in total. The maximum absolute atomic E-state index is 8.89. The van der Waals surface area contributed by atoms with Crippen LogP contribution in [0.4, 0.5) is 5.69 Å². The molecule has 0 radical (unpaired) electrons. The molecule has 2 aromatic rings. The van der Waals surface area contributed by atoms with Crippen molar-refractivity contribution in [2.75, 3.05) is 5.32 Å². The second-order valence-corrected chi connectivity index (χ2v) is 4.57. The van der Waals surface area contributed by atoms with E-state index in [2.05, 4.69) is 21.4 Å². The number of aromatic nitrogens is 2. The second-order valence-electron chi connectivity index (χ2n) is 3.25. The molecule has 16 heavy (non-hydrogen) atoms. The number of anilines is 1. The average Bonchev–Trinajstić information content (AvgIpc) is 2.73. The van der Waals surface area contributed by atoms with Gasteiger partial charge in [0.15, 0.2) is 0 Å². The number of hydrogen-bond donors (Lipinski definition) is 1. The van der Waals surface area contributed by atoms with E-state index in [-0.39, 0.29) is 0 Å². The van der Waals surface area contributed by atoms with Gasteiger partial charge >= 0.3 is 0 Å². The fraction of sp³-hybridized carbons (Fsp3) is 0.182. The van der Waals surface area contributed by atoms with Crippen molar-refractivity contribution in [1.29, 1.82) is 5.26 Å². The van der Waals surface area contributed by atoms with Crippen molar-refractivity contribution in [2.45, 2.75) is 13.5 Å². The minimum Gasteiger partial charge on any atom is -0.376 e. The first kappa shape index (κ1) is 10.6. The van der Waals surface area contributed by atoms with Crippen LogP contribution >= 0.6 is 11.3 Å². The van der Waals surface area contributed by atoms with E-state index < -0.39 is 0 Å². The highest BCUT2D eigenvalue weighted by atomic mass is 32.1. The Morgan fingerprint density at radius 3 is 3.06 bits per heavy atom. The molecule has 0 aliphatic carbocycles. The van der Waals surface area contributed by atoms with Gasteiger partial charge in [-0.05, 0) is 13.0 Å². The zero-order chi connectivity index (χ0) is 11.4. The van der Waals surface area contributed by atoms with Crippen LogP contribution in [-0.2, 0) is 6.54 Å². The lowest BCUT2D eigenvalue weighted by molar-refractivity contribution is 1.09. The predicted molar refractivity (Wildman–Crippen MR) is 63.1 cm³/mol. The van der Waals surface area contributed by atoms with Crippen LogP contribution in [0.1, 0.15) is 15.4 Å². The van der Waals surface area contributed by atoms with Crippen LogP contribution in [0.3, 0.4) is 0 Å². The van der Waals surface area contributed by atoms with Gasteiger partial charge in [-0.15, -0.1) is 11.3 Å². The number of hydrogen-bond acceptors (Lipinski definition) is 5. The van der Waals surface area contributed by atoms with E-state index in [1.165, 1.54) is 4.88 Å². The van der Waals surface area contributed by atoms with Gasteiger partial charge in [0.05, 0.1) is 24.0 Å². The van der Waals surface area contributed by atoms with Crippen molar-refractivity contribution in [2.24, 2.45) is 0 Å². The Morgan fingerprint density at radius 2 is 2.38 bits per heavy atom. The number of nitriles is 1. The molecule has 2 rings (SSSR count). The van der Waals surface area contributed by atoms with Gasteiger partial charge in [0.25, 0.3) is 0 Å². The summed E-state index contributed by atoms with van der Waals surface area (Å²) in [4.78, 5) is 9.40. The van der Waals surface area contributed by atoms with Gasteiger partial charge in [-0.25, -0.2) is 4.98 Å². The molecule has 0 spiro atoms. The highest BCUT2D eigenvalue weighted by Gasteiger charge is 2.02. The van der Waals surface area contributed by atoms with Gasteiger partial charge in [0.1, 0.15) is 11.1 Å². The summed E-state index contributed by atoms with van der Waals surface area (Å²) in [6.45, 7) is 2.64. The molecule has 0 bridgehead atoms. The van der Waals surface area contributed by atoms with Crippen molar-refractivity contribution < 1.29 is 0 Å². The van der Waals surface area contributed by atoms with Gasteiger partial charge in [-0.2, -0.15) is 5.26 Å². The van der Waals surface area contributed by atoms with Crippen LogP contribution in [0.5, 0.6) is 0 Å². The first-order chi connectivity index (χ1) is 7.79. The summed E-state index contributed by atoms with van der Waals surface area (Å²) in [6.07, 6.45) is 5.10. The average molecular weight is 230 g/mol. The molecule has 0 unspecified atom stereocenters. The van der Waals surface area contributed by atoms with E-state index >= 15 is 0 Å². The number of thiazole rings is 1. The van der Waals surface area contributed by atoms with Crippen LogP contribution in [0.25, 0.3) is 0 Å². The number of nitrogens with one attached hydrogen (secondary N) is 1. The molecule has 5 heteroatoms. The quantitative estimate of drug-likeness (QED) is 0.879. The summed E-state index contributed by atoms with van der Waals surface area (Å²) in [6, 6.07) is 3.81. The summed E-state index contributed by atoms with van der Waals surface area (Å²) in [5.74, 6) is 0. The predicted octanol–water partition coefficient (Wildman–Crippen LogP) is 2.33. The molecular formula is C11H10N4S. The van der Waals surface area contributed by atoms with Crippen LogP contribution < -0.4 is 5.32 Å². The Balaban J connectivity index is 2.08. The second kappa shape index (κ2) is 4.73. The van der Waals surface area contributed by atoms with Crippen LogP contribution in [-0.4, -0.2) is 9.97 Å². The molecule has 0 amide bonds. The molecule has 0 fully saturated rings. The van der Waals surface area contributed by atoms with Gasteiger partial charge in [-0.3, -0.25) is 4.98 Å². The standard InChI is InChI=1S/C11H10N4S/c1-8-5-15-11(16-8)7-14-10-6-13-3-2-9(10)4-12/h2-3,5-6,14H,7H2,1H3. The van der Waals surface area contributed by atoms with Crippen molar-refractivity contribution in [3.8, 4) is 6.07 Å². The highest BCUT2D eigenvalue weighted by molar-refractivity contribution is 7.11. The zero-order valence-electron chi connectivity index (χ0n) is 8.77. The Kier molecular flexibility index (Phi) is 3.13. The Hall–Kier alpha value is -1.93. The Labute approximate surface area is 97.6 Å². The molecule has 0 saturated carbocycles. The van der Waals surface area contributed by atoms with Crippen molar-refractivity contribution in [3.05, 3.63) is 40.1 Å².